The molecule has 35 heavy (non-hydrogen) atoms. The third-order valence-corrected chi connectivity index (χ3v) is 5.14. The number of pyridine rings is 1. The van der Waals surface area contributed by atoms with E-state index in [0.29, 0.717) is 5.56 Å². The van der Waals surface area contributed by atoms with Gasteiger partial charge in [0.1, 0.15) is 17.0 Å². The lowest BCUT2D eigenvalue weighted by atomic mass is 10.1. The van der Waals surface area contributed by atoms with Crippen molar-refractivity contribution < 1.29 is 14.1 Å². The summed E-state index contributed by atoms with van der Waals surface area (Å²) in [4.78, 5) is 45.4. The van der Waals surface area contributed by atoms with Crippen LogP contribution in [0.15, 0.2) is 77.9 Å². The van der Waals surface area contributed by atoms with Crippen LogP contribution in [-0.4, -0.2) is 35.7 Å². The van der Waals surface area contributed by atoms with Crippen molar-refractivity contribution in [2.24, 2.45) is 0 Å². The Hall–Kier alpha value is -5.26. The van der Waals surface area contributed by atoms with Crippen molar-refractivity contribution in [2.75, 3.05) is 5.43 Å². The fourth-order valence-corrected chi connectivity index (χ4v) is 3.51. The standard InChI is InChI=1S/C23H14FN7O4/c24-16-7-1-4-13(10-16)18-19-20(28-27-18)23(33)30(29-22(32)15-6-3-9-25-12-15)21(26-19)14-5-2-8-17(11-14)31(34)35/h1-12H,(H,27,28)(H,29,32). The second-order valence-electron chi connectivity index (χ2n) is 7.37. The first-order valence-electron chi connectivity index (χ1n) is 10.2. The monoisotopic (exact) mass is 471 g/mol. The molecule has 2 aromatic carbocycles. The van der Waals surface area contributed by atoms with Gasteiger partial charge in [0.15, 0.2) is 11.3 Å². The molecule has 11 nitrogen and oxygen atoms in total. The van der Waals surface area contributed by atoms with Crippen LogP contribution in [-0.2, 0) is 0 Å². The topological polar surface area (TPSA) is 149 Å². The zero-order chi connectivity index (χ0) is 24.5. The summed E-state index contributed by atoms with van der Waals surface area (Å²) in [5.41, 5.74) is 2.51. The molecule has 0 unspecified atom stereocenters. The first-order chi connectivity index (χ1) is 16.9. The number of nitro groups is 1. The van der Waals surface area contributed by atoms with Gasteiger partial charge in [0.2, 0.25) is 0 Å². The summed E-state index contributed by atoms with van der Waals surface area (Å²) in [6.07, 6.45) is 2.81. The van der Waals surface area contributed by atoms with E-state index >= 15 is 0 Å². The van der Waals surface area contributed by atoms with Crippen molar-refractivity contribution in [3.05, 3.63) is 105 Å². The van der Waals surface area contributed by atoms with E-state index in [4.69, 9.17) is 0 Å². The summed E-state index contributed by atoms with van der Waals surface area (Å²) < 4.78 is 14.7. The number of nitro benzene ring substituents is 1. The maximum absolute atomic E-state index is 13.8. The van der Waals surface area contributed by atoms with Crippen LogP contribution in [0, 0.1) is 15.9 Å². The lowest BCUT2D eigenvalue weighted by Gasteiger charge is -2.13. The van der Waals surface area contributed by atoms with E-state index in [2.05, 4.69) is 25.6 Å². The Bertz CT molecular complexity index is 1660. The third-order valence-electron chi connectivity index (χ3n) is 5.14. The molecule has 0 saturated heterocycles. The highest BCUT2D eigenvalue weighted by atomic mass is 19.1. The van der Waals surface area contributed by atoms with Crippen LogP contribution in [0.4, 0.5) is 10.1 Å². The predicted octanol–water partition coefficient (Wildman–Crippen LogP) is 3.28. The molecule has 0 aliphatic carbocycles. The highest BCUT2D eigenvalue weighted by molar-refractivity contribution is 6.00. The summed E-state index contributed by atoms with van der Waals surface area (Å²) in [7, 11) is 0. The summed E-state index contributed by atoms with van der Waals surface area (Å²) in [5.74, 6) is -1.24. The Kier molecular flexibility index (Phi) is 5.30. The van der Waals surface area contributed by atoms with E-state index in [0.717, 1.165) is 4.68 Å². The van der Waals surface area contributed by atoms with Crippen molar-refractivity contribution in [2.45, 2.75) is 0 Å². The van der Waals surface area contributed by atoms with Crippen molar-refractivity contribution in [3.8, 4) is 22.6 Å². The van der Waals surface area contributed by atoms with E-state index in [9.17, 15) is 24.1 Å². The number of carbonyl (C=O) groups is 1. The second kappa shape index (κ2) is 8.59. The Morgan fingerprint density at radius 2 is 1.89 bits per heavy atom. The number of fused-ring (bicyclic) bond motifs is 1. The SMILES string of the molecule is O=C(Nn1c(-c2cccc([N+](=O)[O-])c2)nc2c(-c3cccc(F)c3)n[nH]c2c1=O)c1cccnc1. The number of amides is 1. The highest BCUT2D eigenvalue weighted by Crippen LogP contribution is 2.27. The van der Waals surface area contributed by atoms with Gasteiger partial charge in [-0.1, -0.05) is 24.3 Å². The van der Waals surface area contributed by atoms with Crippen LogP contribution in [0.2, 0.25) is 0 Å². The number of aromatic nitrogens is 5. The Balaban J connectivity index is 1.75. The van der Waals surface area contributed by atoms with Crippen molar-refractivity contribution in [1.29, 1.82) is 0 Å². The molecule has 12 heteroatoms. The fraction of sp³-hybridized carbons (Fsp3) is 0. The van der Waals surface area contributed by atoms with Crippen LogP contribution in [0.25, 0.3) is 33.7 Å². The van der Waals surface area contributed by atoms with Gasteiger partial charge in [-0.3, -0.25) is 35.2 Å². The van der Waals surface area contributed by atoms with Gasteiger partial charge >= 0.3 is 0 Å². The predicted molar refractivity (Wildman–Crippen MR) is 124 cm³/mol. The van der Waals surface area contributed by atoms with Gasteiger partial charge in [-0.05, 0) is 24.3 Å². The van der Waals surface area contributed by atoms with Gasteiger partial charge in [0, 0.05) is 35.7 Å². The quantitative estimate of drug-likeness (QED) is 0.295. The third kappa shape index (κ3) is 3.99. The molecule has 0 fully saturated rings. The molecule has 3 heterocycles. The molecule has 1 amide bonds. The van der Waals surface area contributed by atoms with Crippen molar-refractivity contribution in [1.82, 2.24) is 24.8 Å². The number of rotatable bonds is 5. The van der Waals surface area contributed by atoms with E-state index < -0.39 is 22.2 Å². The van der Waals surface area contributed by atoms with Gasteiger partial charge in [0.05, 0.1) is 10.5 Å². The summed E-state index contributed by atoms with van der Waals surface area (Å²) in [6.45, 7) is 0. The smallest absolute Gasteiger partial charge is 0.270 e. The fourth-order valence-electron chi connectivity index (χ4n) is 3.51. The summed E-state index contributed by atoms with van der Waals surface area (Å²) in [6, 6.07) is 14.1. The number of non-ortho nitro benzene ring substituents is 1. The Labute approximate surface area is 195 Å². The molecule has 172 valence electrons. The maximum Gasteiger partial charge on any atom is 0.298 e. The van der Waals surface area contributed by atoms with Gasteiger partial charge < -0.3 is 0 Å². The number of nitrogens with one attached hydrogen (secondary N) is 2. The molecule has 0 bridgehead atoms. The zero-order valence-electron chi connectivity index (χ0n) is 17.7. The number of hydrogen-bond donors (Lipinski definition) is 2. The van der Waals surface area contributed by atoms with Crippen molar-refractivity contribution >= 4 is 22.6 Å². The minimum atomic E-state index is -0.719. The minimum Gasteiger partial charge on any atom is -0.270 e. The Morgan fingerprint density at radius 1 is 1.09 bits per heavy atom. The first kappa shape index (κ1) is 21.6. The number of nitrogens with zero attached hydrogens (tertiary/aromatic N) is 5. The number of benzene rings is 2. The minimum absolute atomic E-state index is 0.0510. The van der Waals surface area contributed by atoms with Gasteiger partial charge in [0.25, 0.3) is 17.2 Å². The molecule has 0 aliphatic rings. The van der Waals surface area contributed by atoms with Crippen LogP contribution >= 0.6 is 0 Å². The van der Waals surface area contributed by atoms with E-state index in [1.54, 1.807) is 12.1 Å². The van der Waals surface area contributed by atoms with Crippen molar-refractivity contribution in [3.63, 3.8) is 0 Å². The van der Waals surface area contributed by atoms with Crippen LogP contribution in [0.5, 0.6) is 0 Å². The van der Waals surface area contributed by atoms with E-state index in [1.807, 2.05) is 0 Å². The Morgan fingerprint density at radius 3 is 2.63 bits per heavy atom. The van der Waals surface area contributed by atoms with E-state index in [1.165, 1.54) is 60.9 Å². The summed E-state index contributed by atoms with van der Waals surface area (Å²) in [5, 5.41) is 18.1. The molecular formula is C23H14FN7O4. The van der Waals surface area contributed by atoms with Gasteiger partial charge in [-0.15, -0.1) is 0 Å². The normalized spacial score (nSPS) is 10.9. The van der Waals surface area contributed by atoms with Crippen LogP contribution in [0.3, 0.4) is 0 Å². The van der Waals surface area contributed by atoms with E-state index in [-0.39, 0.29) is 39.4 Å². The van der Waals surface area contributed by atoms with Crippen LogP contribution in [0.1, 0.15) is 10.4 Å². The van der Waals surface area contributed by atoms with Gasteiger partial charge in [-0.2, -0.15) is 9.77 Å². The molecule has 0 aliphatic heterocycles. The molecule has 2 N–H and O–H groups in total. The second-order valence-corrected chi connectivity index (χ2v) is 7.37. The lowest BCUT2D eigenvalue weighted by Crippen LogP contribution is -2.35. The molecule has 5 rings (SSSR count). The molecular weight excluding hydrogens is 457 g/mol. The number of H-pyrrole nitrogens is 1. The maximum atomic E-state index is 13.8. The molecule has 0 spiro atoms. The lowest BCUT2D eigenvalue weighted by molar-refractivity contribution is -0.384. The average Bonchev–Trinajstić information content (AvgIpc) is 3.30. The molecule has 0 atom stereocenters. The van der Waals surface area contributed by atoms with Crippen LogP contribution < -0.4 is 11.0 Å². The molecule has 3 aromatic heterocycles. The van der Waals surface area contributed by atoms with Gasteiger partial charge in [-0.25, -0.2) is 9.37 Å². The number of halogens is 1. The molecule has 5 aromatic rings. The number of hydrogen-bond acceptors (Lipinski definition) is 7. The zero-order valence-corrected chi connectivity index (χ0v) is 17.7. The first-order valence-corrected chi connectivity index (χ1v) is 10.2. The molecule has 0 radical (unpaired) electrons. The number of carbonyl (C=O) groups excluding carboxylic acids is 1. The average molecular weight is 471 g/mol. The molecule has 0 saturated carbocycles. The highest BCUT2D eigenvalue weighted by Gasteiger charge is 2.22. The summed E-state index contributed by atoms with van der Waals surface area (Å²) >= 11 is 0. The largest absolute Gasteiger partial charge is 0.298 e. The number of aromatic amines is 1.